The van der Waals surface area contributed by atoms with Crippen molar-refractivity contribution in [3.63, 3.8) is 0 Å². The smallest absolute Gasteiger partial charge is 0.274 e. The van der Waals surface area contributed by atoms with Crippen LogP contribution in [0.25, 0.3) is 21.8 Å². The molecule has 142 valence electrons. The number of para-hydroxylation sites is 2. The largest absolute Gasteiger partial charge is 0.343 e. The minimum atomic E-state index is -0.339. The predicted octanol–water partition coefficient (Wildman–Crippen LogP) is 2.86. The molecule has 2 N–H and O–H groups in total. The molecule has 0 saturated heterocycles. The van der Waals surface area contributed by atoms with Gasteiger partial charge >= 0.3 is 0 Å². The van der Waals surface area contributed by atoms with Crippen LogP contribution in [0.3, 0.4) is 0 Å². The van der Waals surface area contributed by atoms with Crippen molar-refractivity contribution in [3.05, 3.63) is 70.4 Å². The van der Waals surface area contributed by atoms with Crippen LogP contribution < -0.4 is 10.9 Å². The third-order valence-electron chi connectivity index (χ3n) is 4.48. The lowest BCUT2D eigenvalue weighted by molar-refractivity contribution is 0.0944. The maximum Gasteiger partial charge on any atom is 0.274 e. The zero-order chi connectivity index (χ0) is 19.7. The van der Waals surface area contributed by atoms with Gasteiger partial charge in [0.05, 0.1) is 23.0 Å². The normalized spacial score (nSPS) is 11.4. The first-order valence-corrected chi connectivity index (χ1v) is 9.24. The molecule has 0 aliphatic carbocycles. The van der Waals surface area contributed by atoms with Gasteiger partial charge in [0, 0.05) is 11.9 Å². The molecule has 28 heavy (non-hydrogen) atoms. The third-order valence-corrected chi connectivity index (χ3v) is 4.48. The van der Waals surface area contributed by atoms with Crippen molar-refractivity contribution in [2.24, 2.45) is 5.92 Å². The highest BCUT2D eigenvalue weighted by Crippen LogP contribution is 2.14. The average molecular weight is 375 g/mol. The first kappa shape index (κ1) is 17.9. The number of amides is 1. The zero-order valence-electron chi connectivity index (χ0n) is 15.8. The maximum atomic E-state index is 12.9. The van der Waals surface area contributed by atoms with Crippen molar-refractivity contribution in [2.75, 3.05) is 0 Å². The van der Waals surface area contributed by atoms with Crippen LogP contribution in [-0.2, 0) is 13.1 Å². The average Bonchev–Trinajstić information content (AvgIpc) is 3.11. The Bertz CT molecular complexity index is 1190. The fourth-order valence-corrected chi connectivity index (χ4v) is 3.21. The summed E-state index contributed by atoms with van der Waals surface area (Å²) in [6.45, 7) is 4.70. The van der Waals surface area contributed by atoms with E-state index < -0.39 is 0 Å². The van der Waals surface area contributed by atoms with Crippen LogP contribution in [0.2, 0.25) is 0 Å². The Hall–Kier alpha value is -3.48. The van der Waals surface area contributed by atoms with Crippen molar-refractivity contribution < 1.29 is 4.79 Å². The molecule has 0 atom stereocenters. The second kappa shape index (κ2) is 7.26. The predicted molar refractivity (Wildman–Crippen MR) is 108 cm³/mol. The zero-order valence-corrected chi connectivity index (χ0v) is 15.8. The first-order valence-electron chi connectivity index (χ1n) is 9.24. The highest BCUT2D eigenvalue weighted by Gasteiger charge is 2.17. The molecule has 0 aliphatic rings. The van der Waals surface area contributed by atoms with Gasteiger partial charge in [-0.15, -0.1) is 0 Å². The third kappa shape index (κ3) is 3.38. The maximum absolute atomic E-state index is 12.9. The number of nitrogens with one attached hydrogen (secondary N) is 2. The lowest BCUT2D eigenvalue weighted by Crippen LogP contribution is -2.31. The molecule has 0 bridgehead atoms. The van der Waals surface area contributed by atoms with E-state index in [9.17, 15) is 9.59 Å². The van der Waals surface area contributed by atoms with Gasteiger partial charge in [0.25, 0.3) is 11.5 Å². The number of benzene rings is 2. The van der Waals surface area contributed by atoms with Gasteiger partial charge < -0.3 is 10.3 Å². The van der Waals surface area contributed by atoms with Crippen LogP contribution in [-0.4, -0.2) is 25.7 Å². The molecule has 4 aromatic rings. The van der Waals surface area contributed by atoms with E-state index in [2.05, 4.69) is 20.4 Å². The Labute approximate surface area is 161 Å². The molecule has 7 heteroatoms. The summed E-state index contributed by atoms with van der Waals surface area (Å²) in [7, 11) is 0. The summed E-state index contributed by atoms with van der Waals surface area (Å²) in [5.74, 6) is 0.557. The molecule has 0 saturated carbocycles. The fourth-order valence-electron chi connectivity index (χ4n) is 3.21. The summed E-state index contributed by atoms with van der Waals surface area (Å²) >= 11 is 0. The number of carbonyl (C=O) groups excluding carboxylic acids is 1. The number of nitrogens with zero attached hydrogens (tertiary/aromatic N) is 3. The second-order valence-corrected chi connectivity index (χ2v) is 7.16. The Morgan fingerprint density at radius 2 is 1.82 bits per heavy atom. The van der Waals surface area contributed by atoms with E-state index >= 15 is 0 Å². The van der Waals surface area contributed by atoms with Gasteiger partial charge in [-0.2, -0.15) is 5.10 Å². The van der Waals surface area contributed by atoms with Crippen molar-refractivity contribution in [1.29, 1.82) is 0 Å². The summed E-state index contributed by atoms with van der Waals surface area (Å²) in [5, 5.41) is 8.26. The van der Waals surface area contributed by atoms with Crippen molar-refractivity contribution in [2.45, 2.75) is 26.9 Å². The lowest BCUT2D eigenvalue weighted by Gasteiger charge is -2.12. The molecule has 0 radical (unpaired) electrons. The van der Waals surface area contributed by atoms with Gasteiger partial charge in [0.2, 0.25) is 0 Å². The minimum absolute atomic E-state index is 0.182. The van der Waals surface area contributed by atoms with E-state index in [0.717, 1.165) is 11.0 Å². The molecule has 0 spiro atoms. The van der Waals surface area contributed by atoms with Gasteiger partial charge in [-0.3, -0.25) is 9.59 Å². The SMILES string of the molecule is CC(C)Cn1nc(C(=O)NCc2nc3ccccc3[nH]2)c2ccccc2c1=O. The Morgan fingerprint density at radius 1 is 1.11 bits per heavy atom. The number of aromatic nitrogens is 4. The van der Waals surface area contributed by atoms with E-state index in [-0.39, 0.29) is 29.6 Å². The minimum Gasteiger partial charge on any atom is -0.343 e. The second-order valence-electron chi connectivity index (χ2n) is 7.16. The monoisotopic (exact) mass is 375 g/mol. The number of fused-ring (bicyclic) bond motifs is 2. The summed E-state index contributed by atoms with van der Waals surface area (Å²) in [5.41, 5.74) is 1.83. The molecule has 0 unspecified atom stereocenters. The molecule has 2 aromatic carbocycles. The fraction of sp³-hybridized carbons (Fsp3) is 0.238. The number of hydrogen-bond donors (Lipinski definition) is 2. The molecular weight excluding hydrogens is 354 g/mol. The lowest BCUT2D eigenvalue weighted by atomic mass is 10.1. The summed E-state index contributed by atoms with van der Waals surface area (Å²) < 4.78 is 1.38. The van der Waals surface area contributed by atoms with Crippen LogP contribution in [0, 0.1) is 5.92 Å². The van der Waals surface area contributed by atoms with Gasteiger partial charge in [-0.25, -0.2) is 9.67 Å². The molecule has 4 rings (SSSR count). The number of aromatic amines is 1. The van der Waals surface area contributed by atoms with Crippen LogP contribution >= 0.6 is 0 Å². The van der Waals surface area contributed by atoms with Gasteiger partial charge in [-0.05, 0) is 24.1 Å². The van der Waals surface area contributed by atoms with Crippen LogP contribution in [0.1, 0.15) is 30.2 Å². The molecule has 0 aliphatic heterocycles. The number of carbonyl (C=O) groups is 1. The quantitative estimate of drug-likeness (QED) is 0.561. The van der Waals surface area contributed by atoms with Crippen molar-refractivity contribution in [1.82, 2.24) is 25.1 Å². The van der Waals surface area contributed by atoms with E-state index in [4.69, 9.17) is 0 Å². The van der Waals surface area contributed by atoms with Crippen LogP contribution in [0.4, 0.5) is 0 Å². The Balaban J connectivity index is 1.66. The standard InChI is InChI=1S/C21H21N5O2/c1-13(2)12-26-21(28)15-8-4-3-7-14(15)19(25-26)20(27)22-11-18-23-16-9-5-6-10-17(16)24-18/h3-10,13H,11-12H2,1-2H3,(H,22,27)(H,23,24). The Morgan fingerprint density at radius 3 is 2.57 bits per heavy atom. The summed E-state index contributed by atoms with van der Waals surface area (Å²) in [6, 6.07) is 14.8. The summed E-state index contributed by atoms with van der Waals surface area (Å²) in [6.07, 6.45) is 0. The number of H-pyrrole nitrogens is 1. The topological polar surface area (TPSA) is 92.7 Å². The first-order chi connectivity index (χ1) is 13.5. The van der Waals surface area contributed by atoms with Crippen LogP contribution in [0.15, 0.2) is 53.3 Å². The van der Waals surface area contributed by atoms with E-state index in [1.165, 1.54) is 4.68 Å². The molecular formula is C21H21N5O2. The molecule has 2 heterocycles. The molecule has 2 aromatic heterocycles. The van der Waals surface area contributed by atoms with Crippen molar-refractivity contribution in [3.8, 4) is 0 Å². The number of rotatable bonds is 5. The number of imidazole rings is 1. The van der Waals surface area contributed by atoms with E-state index in [1.807, 2.05) is 38.1 Å². The molecule has 0 fully saturated rings. The van der Waals surface area contributed by atoms with Crippen molar-refractivity contribution >= 4 is 27.7 Å². The molecule has 1 amide bonds. The molecule has 7 nitrogen and oxygen atoms in total. The highest BCUT2D eigenvalue weighted by atomic mass is 16.2. The van der Waals surface area contributed by atoms with Gasteiger partial charge in [-0.1, -0.05) is 44.2 Å². The van der Waals surface area contributed by atoms with E-state index in [1.54, 1.807) is 24.3 Å². The van der Waals surface area contributed by atoms with Gasteiger partial charge in [0.15, 0.2) is 5.69 Å². The Kier molecular flexibility index (Phi) is 4.65. The number of hydrogen-bond acceptors (Lipinski definition) is 4. The van der Waals surface area contributed by atoms with Gasteiger partial charge in [0.1, 0.15) is 5.82 Å². The summed E-state index contributed by atoms with van der Waals surface area (Å²) in [4.78, 5) is 33.2. The van der Waals surface area contributed by atoms with Crippen LogP contribution in [0.5, 0.6) is 0 Å². The highest BCUT2D eigenvalue weighted by molar-refractivity contribution is 6.04. The van der Waals surface area contributed by atoms with E-state index in [0.29, 0.717) is 23.1 Å².